The van der Waals surface area contributed by atoms with E-state index in [9.17, 15) is 4.79 Å². The molecule has 3 rings (SSSR count). The highest BCUT2D eigenvalue weighted by molar-refractivity contribution is 6.32. The zero-order valence-corrected chi connectivity index (χ0v) is 19.8. The van der Waals surface area contributed by atoms with Crippen LogP contribution in [0.4, 0.5) is 0 Å². The fraction of sp³-hybridized carbons (Fsp3) is 0.577. The van der Waals surface area contributed by atoms with E-state index in [0.717, 1.165) is 22.9 Å². The Kier molecular flexibility index (Phi) is 8.89. The number of carbonyl (C=O) groups excluding carboxylic acids is 1. The predicted molar refractivity (Wildman–Crippen MR) is 126 cm³/mol. The Labute approximate surface area is 191 Å². The Morgan fingerprint density at radius 1 is 1.10 bits per heavy atom. The first-order valence-corrected chi connectivity index (χ1v) is 12.2. The predicted octanol–water partition coefficient (Wildman–Crippen LogP) is 7.60. The molecule has 4 nitrogen and oxygen atoms in total. The molecule has 0 N–H and O–H groups in total. The van der Waals surface area contributed by atoms with Crippen LogP contribution in [0.3, 0.4) is 0 Å². The number of halogens is 1. The van der Waals surface area contributed by atoms with Gasteiger partial charge in [0.2, 0.25) is 0 Å². The number of carbonyl (C=O) groups is 1. The maximum Gasteiger partial charge on any atom is 0.310 e. The summed E-state index contributed by atoms with van der Waals surface area (Å²) in [5, 5.41) is 0.410. The van der Waals surface area contributed by atoms with Crippen molar-refractivity contribution < 1.29 is 9.53 Å². The molecule has 1 fully saturated rings. The zero-order valence-electron chi connectivity index (χ0n) is 19.1. The molecule has 1 aromatic carbocycles. The summed E-state index contributed by atoms with van der Waals surface area (Å²) in [6.45, 7) is 6.30. The minimum Gasteiger partial charge on any atom is -0.425 e. The molecule has 0 spiro atoms. The van der Waals surface area contributed by atoms with Crippen molar-refractivity contribution in [2.45, 2.75) is 84.5 Å². The summed E-state index contributed by atoms with van der Waals surface area (Å²) in [6, 6.07) is 5.40. The smallest absolute Gasteiger partial charge is 0.310 e. The fourth-order valence-electron chi connectivity index (χ4n) is 4.55. The van der Waals surface area contributed by atoms with Crippen LogP contribution in [-0.4, -0.2) is 15.9 Å². The van der Waals surface area contributed by atoms with Crippen molar-refractivity contribution in [2.24, 2.45) is 11.8 Å². The van der Waals surface area contributed by atoms with Gasteiger partial charge in [-0.15, -0.1) is 0 Å². The topological polar surface area (TPSA) is 52.1 Å². The molecule has 0 radical (unpaired) electrons. The standard InChI is InChI=1S/C26H35ClN2O2/c1-4-6-7-8-19-9-11-20(12-10-19)18(3)26-28-16-22(17-29-26)21-13-14-24(23(27)15-21)31-25(30)5-2/h13-20H,4-12H2,1-3H3. The summed E-state index contributed by atoms with van der Waals surface area (Å²) in [6.07, 6.45) is 14.8. The van der Waals surface area contributed by atoms with Crippen LogP contribution in [-0.2, 0) is 4.79 Å². The van der Waals surface area contributed by atoms with Gasteiger partial charge in [0.15, 0.2) is 0 Å². The van der Waals surface area contributed by atoms with E-state index in [1.54, 1.807) is 19.1 Å². The molecule has 5 heteroatoms. The third-order valence-electron chi connectivity index (χ3n) is 6.67. The number of unbranched alkanes of at least 4 members (excludes halogenated alkanes) is 2. The largest absolute Gasteiger partial charge is 0.425 e. The van der Waals surface area contributed by atoms with Crippen molar-refractivity contribution in [3.63, 3.8) is 0 Å². The number of ether oxygens (including phenoxy) is 1. The van der Waals surface area contributed by atoms with Gasteiger partial charge in [-0.2, -0.15) is 0 Å². The molecule has 0 aliphatic heterocycles. The van der Waals surface area contributed by atoms with Gasteiger partial charge >= 0.3 is 5.97 Å². The Bertz CT molecular complexity index is 845. The molecule has 1 saturated carbocycles. The highest BCUT2D eigenvalue weighted by atomic mass is 35.5. The molecule has 31 heavy (non-hydrogen) atoms. The molecule has 1 unspecified atom stereocenters. The monoisotopic (exact) mass is 442 g/mol. The zero-order chi connectivity index (χ0) is 22.2. The minimum atomic E-state index is -0.300. The Balaban J connectivity index is 1.59. The molecule has 1 heterocycles. The second-order valence-corrected chi connectivity index (χ2v) is 9.28. The van der Waals surface area contributed by atoms with Gasteiger partial charge in [0.1, 0.15) is 11.6 Å². The number of hydrogen-bond acceptors (Lipinski definition) is 4. The van der Waals surface area contributed by atoms with Crippen LogP contribution < -0.4 is 4.74 Å². The minimum absolute atomic E-state index is 0.300. The van der Waals surface area contributed by atoms with E-state index in [2.05, 4.69) is 23.8 Å². The van der Waals surface area contributed by atoms with Crippen LogP contribution in [0.5, 0.6) is 5.75 Å². The molecule has 0 saturated heterocycles. The molecule has 1 aromatic heterocycles. The Morgan fingerprint density at radius 3 is 2.42 bits per heavy atom. The van der Waals surface area contributed by atoms with E-state index >= 15 is 0 Å². The number of benzene rings is 1. The third-order valence-corrected chi connectivity index (χ3v) is 6.97. The quantitative estimate of drug-likeness (QED) is 0.228. The molecule has 1 atom stereocenters. The summed E-state index contributed by atoms with van der Waals surface area (Å²) in [7, 11) is 0. The molecular formula is C26H35ClN2O2. The SMILES string of the molecule is CCCCCC1CCC(C(C)c2ncc(-c3ccc(OC(=O)CC)c(Cl)c3)cn2)CC1. The van der Waals surface area contributed by atoms with Crippen molar-refractivity contribution in [1.29, 1.82) is 0 Å². The second-order valence-electron chi connectivity index (χ2n) is 8.87. The summed E-state index contributed by atoms with van der Waals surface area (Å²) in [5.41, 5.74) is 1.82. The average Bonchev–Trinajstić information content (AvgIpc) is 2.80. The molecule has 2 aromatic rings. The van der Waals surface area contributed by atoms with Gasteiger partial charge in [0, 0.05) is 30.3 Å². The van der Waals surface area contributed by atoms with Crippen LogP contribution in [0.1, 0.15) is 90.3 Å². The molecule has 168 valence electrons. The molecule has 1 aliphatic rings. The Hall–Kier alpha value is -1.94. The number of aromatic nitrogens is 2. The maximum absolute atomic E-state index is 11.5. The normalized spacial score (nSPS) is 19.7. The number of esters is 1. The number of hydrogen-bond donors (Lipinski definition) is 0. The summed E-state index contributed by atoms with van der Waals surface area (Å²) in [4.78, 5) is 20.9. The first kappa shape index (κ1) is 23.7. The van der Waals surface area contributed by atoms with Gasteiger partial charge in [-0.3, -0.25) is 4.79 Å². The highest BCUT2D eigenvalue weighted by Crippen LogP contribution is 2.39. The van der Waals surface area contributed by atoms with E-state index in [0.29, 0.717) is 29.0 Å². The van der Waals surface area contributed by atoms with Gasteiger partial charge in [0.05, 0.1) is 5.02 Å². The van der Waals surface area contributed by atoms with Gasteiger partial charge < -0.3 is 4.74 Å². The number of nitrogens with zero attached hydrogens (tertiary/aromatic N) is 2. The lowest BCUT2D eigenvalue weighted by molar-refractivity contribution is -0.134. The van der Waals surface area contributed by atoms with Crippen molar-refractivity contribution in [3.8, 4) is 16.9 Å². The number of rotatable bonds is 9. The van der Waals surface area contributed by atoms with Gasteiger partial charge in [-0.05, 0) is 42.4 Å². The summed E-state index contributed by atoms with van der Waals surface area (Å²) in [5.74, 6) is 2.99. The highest BCUT2D eigenvalue weighted by Gasteiger charge is 2.27. The van der Waals surface area contributed by atoms with Crippen LogP contribution in [0.25, 0.3) is 11.1 Å². The van der Waals surface area contributed by atoms with E-state index in [1.165, 1.54) is 51.4 Å². The van der Waals surface area contributed by atoms with Gasteiger partial charge in [-0.1, -0.05) is 77.0 Å². The first-order valence-electron chi connectivity index (χ1n) is 11.8. The first-order chi connectivity index (χ1) is 15.0. The van der Waals surface area contributed by atoms with Gasteiger partial charge in [0.25, 0.3) is 0 Å². The average molecular weight is 443 g/mol. The van der Waals surface area contributed by atoms with E-state index in [4.69, 9.17) is 16.3 Å². The van der Waals surface area contributed by atoms with Crippen LogP contribution in [0.2, 0.25) is 5.02 Å². The lowest BCUT2D eigenvalue weighted by Crippen LogP contribution is -2.20. The van der Waals surface area contributed by atoms with Crippen molar-refractivity contribution in [2.75, 3.05) is 0 Å². The van der Waals surface area contributed by atoms with Crippen molar-refractivity contribution in [1.82, 2.24) is 9.97 Å². The molecule has 1 aliphatic carbocycles. The molecular weight excluding hydrogens is 408 g/mol. The lowest BCUT2D eigenvalue weighted by atomic mass is 9.74. The van der Waals surface area contributed by atoms with E-state index in [-0.39, 0.29) is 5.97 Å². The molecule has 0 bridgehead atoms. The van der Waals surface area contributed by atoms with Crippen LogP contribution in [0, 0.1) is 11.8 Å². The fourth-order valence-corrected chi connectivity index (χ4v) is 4.77. The lowest BCUT2D eigenvalue weighted by Gasteiger charge is -2.31. The summed E-state index contributed by atoms with van der Waals surface area (Å²) >= 11 is 6.30. The van der Waals surface area contributed by atoms with Crippen LogP contribution >= 0.6 is 11.6 Å². The summed E-state index contributed by atoms with van der Waals surface area (Å²) < 4.78 is 5.24. The van der Waals surface area contributed by atoms with Gasteiger partial charge in [-0.25, -0.2) is 9.97 Å². The Morgan fingerprint density at radius 2 is 1.81 bits per heavy atom. The van der Waals surface area contributed by atoms with Crippen molar-refractivity contribution in [3.05, 3.63) is 41.4 Å². The second kappa shape index (κ2) is 11.6. The molecule has 0 amide bonds. The third kappa shape index (κ3) is 6.52. The van der Waals surface area contributed by atoms with Crippen molar-refractivity contribution >= 4 is 17.6 Å². The van der Waals surface area contributed by atoms with Crippen LogP contribution in [0.15, 0.2) is 30.6 Å². The maximum atomic E-state index is 11.5. The van der Waals surface area contributed by atoms with E-state index < -0.39 is 0 Å². The van der Waals surface area contributed by atoms with E-state index in [1.807, 2.05) is 18.5 Å².